The van der Waals surface area contributed by atoms with Crippen molar-refractivity contribution in [2.24, 2.45) is 5.92 Å². The second kappa shape index (κ2) is 5.76. The van der Waals surface area contributed by atoms with Crippen molar-refractivity contribution in [3.8, 4) is 0 Å². The van der Waals surface area contributed by atoms with E-state index in [2.05, 4.69) is 0 Å². The molecule has 1 saturated heterocycles. The SMILES string of the molecule is CN(CC(=O)N(C[C@@H]1CCOC1)C1CC1)S(C)(=O)=O. The van der Waals surface area contributed by atoms with Crippen LogP contribution < -0.4 is 0 Å². The van der Waals surface area contributed by atoms with E-state index in [-0.39, 0.29) is 12.5 Å². The van der Waals surface area contributed by atoms with E-state index in [9.17, 15) is 13.2 Å². The van der Waals surface area contributed by atoms with E-state index in [0.29, 0.717) is 25.1 Å². The molecule has 1 aliphatic carbocycles. The summed E-state index contributed by atoms with van der Waals surface area (Å²) in [6, 6.07) is 0.307. The highest BCUT2D eigenvalue weighted by molar-refractivity contribution is 7.88. The van der Waals surface area contributed by atoms with Gasteiger partial charge in [-0.3, -0.25) is 4.79 Å². The molecule has 1 atom stereocenters. The third-order valence-corrected chi connectivity index (χ3v) is 4.97. The molecule has 6 nitrogen and oxygen atoms in total. The number of carbonyl (C=O) groups is 1. The van der Waals surface area contributed by atoms with Gasteiger partial charge in [0.15, 0.2) is 0 Å². The van der Waals surface area contributed by atoms with Crippen LogP contribution in [0, 0.1) is 5.92 Å². The molecule has 7 heteroatoms. The summed E-state index contributed by atoms with van der Waals surface area (Å²) in [7, 11) is -1.86. The van der Waals surface area contributed by atoms with Crippen LogP contribution in [0.15, 0.2) is 0 Å². The maximum atomic E-state index is 12.2. The number of carbonyl (C=O) groups excluding carboxylic acids is 1. The van der Waals surface area contributed by atoms with Gasteiger partial charge in [0.1, 0.15) is 0 Å². The highest BCUT2D eigenvalue weighted by Crippen LogP contribution is 2.29. The zero-order chi connectivity index (χ0) is 14.0. The number of likely N-dealkylation sites (N-methyl/N-ethyl adjacent to an activating group) is 1. The number of hydrogen-bond donors (Lipinski definition) is 0. The summed E-state index contributed by atoms with van der Waals surface area (Å²) in [6.45, 7) is 2.10. The molecule has 0 unspecified atom stereocenters. The quantitative estimate of drug-likeness (QED) is 0.685. The van der Waals surface area contributed by atoms with Gasteiger partial charge in [-0.1, -0.05) is 0 Å². The molecule has 2 rings (SSSR count). The van der Waals surface area contributed by atoms with E-state index in [1.54, 1.807) is 0 Å². The Bertz CT molecular complexity index is 427. The van der Waals surface area contributed by atoms with Crippen LogP contribution in [-0.4, -0.2) is 69.2 Å². The summed E-state index contributed by atoms with van der Waals surface area (Å²) in [6.07, 6.45) is 4.16. The summed E-state index contributed by atoms with van der Waals surface area (Å²) < 4.78 is 29.1. The van der Waals surface area contributed by atoms with Gasteiger partial charge < -0.3 is 9.64 Å². The van der Waals surface area contributed by atoms with Gasteiger partial charge >= 0.3 is 0 Å². The van der Waals surface area contributed by atoms with Crippen molar-refractivity contribution in [2.75, 3.05) is 39.6 Å². The van der Waals surface area contributed by atoms with Gasteiger partial charge in [-0.05, 0) is 19.3 Å². The van der Waals surface area contributed by atoms with E-state index >= 15 is 0 Å². The lowest BCUT2D eigenvalue weighted by Gasteiger charge is -2.27. The van der Waals surface area contributed by atoms with Crippen molar-refractivity contribution in [2.45, 2.75) is 25.3 Å². The number of ether oxygens (including phenoxy) is 1. The van der Waals surface area contributed by atoms with Gasteiger partial charge in [0.25, 0.3) is 0 Å². The third kappa shape index (κ3) is 4.15. The molecule has 1 amide bonds. The lowest BCUT2D eigenvalue weighted by atomic mass is 10.1. The lowest BCUT2D eigenvalue weighted by Crippen LogP contribution is -2.44. The van der Waals surface area contributed by atoms with Crippen LogP contribution in [0.25, 0.3) is 0 Å². The van der Waals surface area contributed by atoms with Gasteiger partial charge in [-0.15, -0.1) is 0 Å². The minimum Gasteiger partial charge on any atom is -0.381 e. The van der Waals surface area contributed by atoms with Crippen molar-refractivity contribution in [1.82, 2.24) is 9.21 Å². The first kappa shape index (κ1) is 14.7. The standard InChI is InChI=1S/C12H22N2O4S/c1-13(19(2,16)17)8-12(15)14(11-3-4-11)7-10-5-6-18-9-10/h10-11H,3-9H2,1-2H3/t10-/m0/s1. The fourth-order valence-electron chi connectivity index (χ4n) is 2.24. The van der Waals surface area contributed by atoms with E-state index in [4.69, 9.17) is 4.74 Å². The Balaban J connectivity index is 1.92. The Morgan fingerprint density at radius 3 is 2.47 bits per heavy atom. The number of sulfonamides is 1. The monoisotopic (exact) mass is 290 g/mol. The lowest BCUT2D eigenvalue weighted by molar-refractivity contribution is -0.132. The van der Waals surface area contributed by atoms with Crippen LogP contribution in [0.5, 0.6) is 0 Å². The van der Waals surface area contributed by atoms with Gasteiger partial charge in [0.05, 0.1) is 19.4 Å². The highest BCUT2D eigenvalue weighted by Gasteiger charge is 2.35. The summed E-state index contributed by atoms with van der Waals surface area (Å²) in [4.78, 5) is 14.1. The predicted octanol–water partition coefficient (Wildman–Crippen LogP) is -0.0947. The fraction of sp³-hybridized carbons (Fsp3) is 0.917. The van der Waals surface area contributed by atoms with E-state index in [1.807, 2.05) is 4.90 Å². The van der Waals surface area contributed by atoms with Gasteiger partial charge in [-0.25, -0.2) is 8.42 Å². The second-order valence-corrected chi connectivity index (χ2v) is 7.62. The Hall–Kier alpha value is -0.660. The molecule has 0 aromatic carbocycles. The summed E-state index contributed by atoms with van der Waals surface area (Å²) in [5.41, 5.74) is 0. The third-order valence-electron chi connectivity index (χ3n) is 3.71. The molecule has 2 aliphatic rings. The number of amides is 1. The van der Waals surface area contributed by atoms with Crippen molar-refractivity contribution in [3.05, 3.63) is 0 Å². The van der Waals surface area contributed by atoms with Gasteiger partial charge in [-0.2, -0.15) is 4.31 Å². The van der Waals surface area contributed by atoms with Crippen molar-refractivity contribution in [3.63, 3.8) is 0 Å². The second-order valence-electron chi connectivity index (χ2n) is 5.53. The van der Waals surface area contributed by atoms with Gasteiger partial charge in [0, 0.05) is 32.2 Å². The minimum atomic E-state index is -3.30. The Labute approximate surface area is 114 Å². The molecule has 2 fully saturated rings. The van der Waals surface area contributed by atoms with Crippen LogP contribution in [0.1, 0.15) is 19.3 Å². The topological polar surface area (TPSA) is 66.9 Å². The minimum absolute atomic E-state index is 0.0666. The molecule has 110 valence electrons. The molecule has 0 spiro atoms. The highest BCUT2D eigenvalue weighted by atomic mass is 32.2. The van der Waals surface area contributed by atoms with Crippen molar-refractivity contribution in [1.29, 1.82) is 0 Å². The van der Waals surface area contributed by atoms with Crippen molar-refractivity contribution >= 4 is 15.9 Å². The zero-order valence-electron chi connectivity index (χ0n) is 11.5. The molecule has 1 saturated carbocycles. The van der Waals surface area contributed by atoms with Crippen LogP contribution in [0.4, 0.5) is 0 Å². The molecule has 0 N–H and O–H groups in total. The molecule has 0 bridgehead atoms. The number of nitrogens with zero attached hydrogens (tertiary/aromatic N) is 2. The maximum Gasteiger partial charge on any atom is 0.238 e. The Morgan fingerprint density at radius 1 is 1.32 bits per heavy atom. The average Bonchev–Trinajstić information content (AvgIpc) is 3.02. The molecule has 1 heterocycles. The first-order chi connectivity index (χ1) is 8.88. The molecule has 1 aliphatic heterocycles. The average molecular weight is 290 g/mol. The Kier molecular flexibility index (Phi) is 4.47. The molecular weight excluding hydrogens is 268 g/mol. The van der Waals surface area contributed by atoms with Gasteiger partial charge in [0.2, 0.25) is 15.9 Å². The number of rotatable bonds is 6. The molecule has 0 aromatic rings. The fourth-order valence-corrected chi connectivity index (χ4v) is 2.59. The molecule has 19 heavy (non-hydrogen) atoms. The van der Waals surface area contributed by atoms with E-state index in [1.165, 1.54) is 7.05 Å². The van der Waals surface area contributed by atoms with E-state index in [0.717, 1.165) is 36.4 Å². The Morgan fingerprint density at radius 2 is 2.00 bits per heavy atom. The molecule has 0 radical (unpaired) electrons. The van der Waals surface area contributed by atoms with Crippen LogP contribution in [0.2, 0.25) is 0 Å². The van der Waals surface area contributed by atoms with E-state index < -0.39 is 10.0 Å². The smallest absolute Gasteiger partial charge is 0.238 e. The first-order valence-electron chi connectivity index (χ1n) is 6.66. The summed E-state index contributed by atoms with van der Waals surface area (Å²) >= 11 is 0. The van der Waals surface area contributed by atoms with Crippen LogP contribution in [-0.2, 0) is 19.6 Å². The van der Waals surface area contributed by atoms with Crippen LogP contribution in [0.3, 0.4) is 0 Å². The van der Waals surface area contributed by atoms with Crippen LogP contribution >= 0.6 is 0 Å². The predicted molar refractivity (Wildman–Crippen MR) is 71.1 cm³/mol. The normalized spacial score (nSPS) is 23.8. The van der Waals surface area contributed by atoms with Crippen molar-refractivity contribution < 1.29 is 17.9 Å². The first-order valence-corrected chi connectivity index (χ1v) is 8.51. The zero-order valence-corrected chi connectivity index (χ0v) is 12.4. The summed E-state index contributed by atoms with van der Waals surface area (Å²) in [5, 5.41) is 0. The molecular formula is C12H22N2O4S. The number of hydrogen-bond acceptors (Lipinski definition) is 4. The largest absolute Gasteiger partial charge is 0.381 e. The summed E-state index contributed by atoms with van der Waals surface area (Å²) in [5.74, 6) is 0.301. The maximum absolute atomic E-state index is 12.2. The molecule has 0 aromatic heterocycles.